The molecule has 7 heteroatoms. The highest BCUT2D eigenvalue weighted by Crippen LogP contribution is 2.26. The fraction of sp³-hybridized carbons (Fsp3) is 0. The molecule has 1 saturated heterocycles. The van der Waals surface area contributed by atoms with Crippen LogP contribution < -0.4 is 10.2 Å². The molecule has 24 heavy (non-hydrogen) atoms. The molecule has 0 spiro atoms. The molecule has 0 bridgehead atoms. The number of thiocarbonyl (C=S) groups is 1. The average Bonchev–Trinajstić information content (AvgIpc) is 2.55. The number of carbonyl (C=O) groups excluding carboxylic acids is 2. The Labute approximate surface area is 148 Å². The van der Waals surface area contributed by atoms with Crippen LogP contribution in [-0.2, 0) is 9.59 Å². The van der Waals surface area contributed by atoms with Crippen LogP contribution in [0.3, 0.4) is 0 Å². The predicted octanol–water partition coefficient (Wildman–Crippen LogP) is 2.88. The molecule has 0 unspecified atom stereocenters. The zero-order valence-electron chi connectivity index (χ0n) is 12.2. The Morgan fingerprint density at radius 1 is 1.12 bits per heavy atom. The second kappa shape index (κ2) is 6.43. The lowest BCUT2D eigenvalue weighted by Crippen LogP contribution is -2.54. The molecule has 0 radical (unpaired) electrons. The Bertz CT molecular complexity index is 881. The van der Waals surface area contributed by atoms with Crippen molar-refractivity contribution in [3.63, 3.8) is 0 Å². The first-order valence-electron chi connectivity index (χ1n) is 6.92. The van der Waals surface area contributed by atoms with E-state index in [0.29, 0.717) is 10.7 Å². The average molecular weight is 359 g/mol. The molecule has 0 aromatic heterocycles. The molecule has 0 atom stereocenters. The molecule has 2 amide bonds. The normalized spacial score (nSPS) is 16.5. The number of nitrogens with zero attached hydrogens (tertiary/aromatic N) is 1. The van der Waals surface area contributed by atoms with Crippen molar-refractivity contribution < 1.29 is 14.7 Å². The maximum absolute atomic E-state index is 12.7. The van der Waals surface area contributed by atoms with E-state index in [1.807, 2.05) is 0 Å². The molecule has 1 fully saturated rings. The van der Waals surface area contributed by atoms with Crippen LogP contribution in [0.5, 0.6) is 5.75 Å². The Morgan fingerprint density at radius 2 is 1.83 bits per heavy atom. The first kappa shape index (κ1) is 16.2. The standard InChI is InChI=1S/C17H11ClN2O3S/c18-11-6-7-14(21)10(8-11)9-13-15(22)19-17(24)20(16(13)23)12-4-2-1-3-5-12/h1-9,21H,(H,19,22,24)/b13-9+. The van der Waals surface area contributed by atoms with Crippen LogP contribution in [0.2, 0.25) is 5.02 Å². The minimum absolute atomic E-state index is 0.00339. The fourth-order valence-electron chi connectivity index (χ4n) is 2.27. The Morgan fingerprint density at radius 3 is 2.54 bits per heavy atom. The minimum Gasteiger partial charge on any atom is -0.507 e. The van der Waals surface area contributed by atoms with Crippen LogP contribution in [0.15, 0.2) is 54.1 Å². The van der Waals surface area contributed by atoms with E-state index >= 15 is 0 Å². The predicted molar refractivity (Wildman–Crippen MR) is 95.8 cm³/mol. The summed E-state index contributed by atoms with van der Waals surface area (Å²) in [4.78, 5) is 26.1. The van der Waals surface area contributed by atoms with Crippen molar-refractivity contribution in [3.8, 4) is 5.75 Å². The summed E-state index contributed by atoms with van der Waals surface area (Å²) in [5.41, 5.74) is 0.653. The second-order valence-corrected chi connectivity index (χ2v) is 5.82. The summed E-state index contributed by atoms with van der Waals surface area (Å²) < 4.78 is 0. The molecule has 5 nitrogen and oxygen atoms in total. The third kappa shape index (κ3) is 3.02. The lowest BCUT2D eigenvalue weighted by Gasteiger charge is -2.28. The van der Waals surface area contributed by atoms with E-state index in [9.17, 15) is 14.7 Å². The lowest BCUT2D eigenvalue weighted by molar-refractivity contribution is -0.122. The van der Waals surface area contributed by atoms with Crippen molar-refractivity contribution in [1.82, 2.24) is 5.32 Å². The summed E-state index contributed by atoms with van der Waals surface area (Å²) >= 11 is 11.0. The summed E-state index contributed by atoms with van der Waals surface area (Å²) in [6, 6.07) is 13.1. The zero-order valence-corrected chi connectivity index (χ0v) is 13.8. The third-order valence-electron chi connectivity index (χ3n) is 3.41. The van der Waals surface area contributed by atoms with Crippen molar-refractivity contribution >= 4 is 52.5 Å². The van der Waals surface area contributed by atoms with Gasteiger partial charge in [0.15, 0.2) is 5.11 Å². The number of hydrogen-bond acceptors (Lipinski definition) is 4. The molecular formula is C17H11ClN2O3S. The van der Waals surface area contributed by atoms with Crippen LogP contribution in [-0.4, -0.2) is 22.0 Å². The van der Waals surface area contributed by atoms with Gasteiger partial charge in [-0.1, -0.05) is 29.8 Å². The highest BCUT2D eigenvalue weighted by molar-refractivity contribution is 7.80. The number of phenolic OH excluding ortho intramolecular Hbond substituents is 1. The third-order valence-corrected chi connectivity index (χ3v) is 3.93. The number of amides is 2. The first-order chi connectivity index (χ1) is 11.5. The highest BCUT2D eigenvalue weighted by Gasteiger charge is 2.34. The second-order valence-electron chi connectivity index (χ2n) is 5.00. The molecule has 1 heterocycles. The lowest BCUT2D eigenvalue weighted by atomic mass is 10.1. The molecule has 3 rings (SSSR count). The van der Waals surface area contributed by atoms with E-state index in [2.05, 4.69) is 5.32 Å². The van der Waals surface area contributed by atoms with Gasteiger partial charge in [-0.3, -0.25) is 19.8 Å². The largest absolute Gasteiger partial charge is 0.507 e. The molecule has 1 aliphatic rings. The summed E-state index contributed by atoms with van der Waals surface area (Å²) in [5.74, 6) is -1.29. The molecule has 0 aliphatic carbocycles. The van der Waals surface area contributed by atoms with Crippen molar-refractivity contribution in [1.29, 1.82) is 0 Å². The molecular weight excluding hydrogens is 348 g/mol. The van der Waals surface area contributed by atoms with Gasteiger partial charge in [-0.05, 0) is 48.6 Å². The van der Waals surface area contributed by atoms with Gasteiger partial charge in [0, 0.05) is 10.6 Å². The van der Waals surface area contributed by atoms with Crippen LogP contribution in [0, 0.1) is 0 Å². The molecule has 0 saturated carbocycles. The SMILES string of the molecule is O=C1NC(=S)N(c2ccccc2)C(=O)/C1=C/c1cc(Cl)ccc1O. The molecule has 2 N–H and O–H groups in total. The number of halogens is 1. The van der Waals surface area contributed by atoms with Crippen LogP contribution in [0.25, 0.3) is 6.08 Å². The smallest absolute Gasteiger partial charge is 0.270 e. The van der Waals surface area contributed by atoms with E-state index in [0.717, 1.165) is 0 Å². The summed E-state index contributed by atoms with van der Waals surface area (Å²) in [5, 5.41) is 12.7. The van der Waals surface area contributed by atoms with Gasteiger partial charge in [0.05, 0.1) is 5.69 Å². The number of para-hydroxylation sites is 1. The van der Waals surface area contributed by atoms with Gasteiger partial charge in [-0.15, -0.1) is 0 Å². The molecule has 1 aliphatic heterocycles. The van der Waals surface area contributed by atoms with E-state index in [4.69, 9.17) is 23.8 Å². The van der Waals surface area contributed by atoms with Crippen LogP contribution >= 0.6 is 23.8 Å². The van der Waals surface area contributed by atoms with Gasteiger partial charge in [0.2, 0.25) is 0 Å². The number of anilines is 1. The van der Waals surface area contributed by atoms with Gasteiger partial charge < -0.3 is 5.11 Å². The maximum atomic E-state index is 12.7. The monoisotopic (exact) mass is 358 g/mol. The molecule has 2 aromatic carbocycles. The number of aromatic hydroxyl groups is 1. The Hall–Kier alpha value is -2.70. The maximum Gasteiger partial charge on any atom is 0.270 e. The van der Waals surface area contributed by atoms with E-state index < -0.39 is 11.8 Å². The summed E-state index contributed by atoms with van der Waals surface area (Å²) in [6.45, 7) is 0. The van der Waals surface area contributed by atoms with Gasteiger partial charge in [-0.2, -0.15) is 0 Å². The number of phenols is 1. The molecule has 120 valence electrons. The zero-order chi connectivity index (χ0) is 17.3. The fourth-order valence-corrected chi connectivity index (χ4v) is 2.73. The van der Waals surface area contributed by atoms with Crippen molar-refractivity contribution in [2.75, 3.05) is 4.90 Å². The van der Waals surface area contributed by atoms with Gasteiger partial charge in [0.25, 0.3) is 11.8 Å². The van der Waals surface area contributed by atoms with Crippen molar-refractivity contribution in [2.45, 2.75) is 0 Å². The Kier molecular flexibility index (Phi) is 4.33. The van der Waals surface area contributed by atoms with E-state index in [-0.39, 0.29) is 22.0 Å². The van der Waals surface area contributed by atoms with Gasteiger partial charge in [0.1, 0.15) is 11.3 Å². The van der Waals surface area contributed by atoms with Crippen LogP contribution in [0.4, 0.5) is 5.69 Å². The number of carbonyl (C=O) groups is 2. The number of nitrogens with one attached hydrogen (secondary N) is 1. The van der Waals surface area contributed by atoms with Gasteiger partial charge >= 0.3 is 0 Å². The van der Waals surface area contributed by atoms with Crippen LogP contribution in [0.1, 0.15) is 5.56 Å². The Balaban J connectivity index is 2.06. The number of benzene rings is 2. The quantitative estimate of drug-likeness (QED) is 0.492. The summed E-state index contributed by atoms with van der Waals surface area (Å²) in [7, 11) is 0. The van der Waals surface area contributed by atoms with E-state index in [1.165, 1.54) is 29.2 Å². The van der Waals surface area contributed by atoms with Gasteiger partial charge in [-0.25, -0.2) is 0 Å². The minimum atomic E-state index is -0.628. The van der Waals surface area contributed by atoms with Crippen molar-refractivity contribution in [2.24, 2.45) is 0 Å². The number of rotatable bonds is 2. The van der Waals surface area contributed by atoms with E-state index in [1.54, 1.807) is 30.3 Å². The summed E-state index contributed by atoms with van der Waals surface area (Å²) in [6.07, 6.45) is 1.29. The molecule has 2 aromatic rings. The first-order valence-corrected chi connectivity index (χ1v) is 7.71. The topological polar surface area (TPSA) is 69.6 Å². The van der Waals surface area contributed by atoms with Crippen molar-refractivity contribution in [3.05, 3.63) is 64.7 Å². The number of hydrogen-bond donors (Lipinski definition) is 2. The highest BCUT2D eigenvalue weighted by atomic mass is 35.5.